The Hall–Kier alpha value is -1.94. The minimum atomic E-state index is -3.61. The highest BCUT2D eigenvalue weighted by molar-refractivity contribution is 9.10. The maximum atomic E-state index is 12.7. The Morgan fingerprint density at radius 2 is 1.89 bits per heavy atom. The molecule has 0 aromatic heterocycles. The number of amides is 1. The van der Waals surface area contributed by atoms with E-state index in [0.29, 0.717) is 37.7 Å². The smallest absolute Gasteiger partial charge is 0.262 e. The van der Waals surface area contributed by atoms with Gasteiger partial charge in [-0.05, 0) is 36.4 Å². The second-order valence-electron chi connectivity index (χ2n) is 5.84. The van der Waals surface area contributed by atoms with Gasteiger partial charge in [-0.15, -0.1) is 0 Å². The number of hydrogen-bond donors (Lipinski definition) is 1. The van der Waals surface area contributed by atoms with Gasteiger partial charge in [0.1, 0.15) is 5.75 Å². The molecule has 1 heterocycles. The molecule has 0 unspecified atom stereocenters. The van der Waals surface area contributed by atoms with Crippen LogP contribution in [0.15, 0.2) is 57.9 Å². The van der Waals surface area contributed by atoms with Gasteiger partial charge in [-0.1, -0.05) is 28.1 Å². The van der Waals surface area contributed by atoms with Gasteiger partial charge in [-0.25, -0.2) is 8.42 Å². The fourth-order valence-electron chi connectivity index (χ4n) is 2.57. The zero-order valence-corrected chi connectivity index (χ0v) is 16.8. The van der Waals surface area contributed by atoms with E-state index >= 15 is 0 Å². The third kappa shape index (κ3) is 5.29. The predicted octanol–water partition coefficient (Wildman–Crippen LogP) is 2.49. The normalized spacial score (nSPS) is 15.3. The average molecular weight is 455 g/mol. The van der Waals surface area contributed by atoms with Gasteiger partial charge in [0.05, 0.1) is 18.1 Å². The molecule has 0 aliphatic carbocycles. The molecule has 0 radical (unpaired) electrons. The van der Waals surface area contributed by atoms with Crippen LogP contribution in [0.2, 0.25) is 0 Å². The van der Waals surface area contributed by atoms with Crippen LogP contribution in [0.4, 0.5) is 5.69 Å². The third-order valence-corrected chi connectivity index (χ3v) is 6.28. The molecule has 1 aliphatic rings. The quantitative estimate of drug-likeness (QED) is 0.724. The Labute approximate surface area is 166 Å². The first-order valence-electron chi connectivity index (χ1n) is 8.31. The van der Waals surface area contributed by atoms with E-state index in [1.165, 1.54) is 16.4 Å². The molecule has 1 aliphatic heterocycles. The van der Waals surface area contributed by atoms with Crippen LogP contribution in [0, 0.1) is 0 Å². The fourth-order valence-corrected chi connectivity index (χ4v) is 4.41. The van der Waals surface area contributed by atoms with E-state index in [1.807, 2.05) is 6.07 Å². The molecule has 7 nitrogen and oxygen atoms in total. The maximum Gasteiger partial charge on any atom is 0.262 e. The van der Waals surface area contributed by atoms with Crippen molar-refractivity contribution in [1.29, 1.82) is 0 Å². The molecular formula is C18H19BrN2O5S. The first-order valence-corrected chi connectivity index (χ1v) is 10.5. The number of morpholine rings is 1. The summed E-state index contributed by atoms with van der Waals surface area (Å²) < 4.78 is 38.3. The van der Waals surface area contributed by atoms with E-state index < -0.39 is 10.0 Å². The van der Waals surface area contributed by atoms with Crippen molar-refractivity contribution in [2.75, 3.05) is 38.2 Å². The molecule has 2 aromatic carbocycles. The summed E-state index contributed by atoms with van der Waals surface area (Å²) in [4.78, 5) is 12.2. The number of anilines is 1. The monoisotopic (exact) mass is 454 g/mol. The van der Waals surface area contributed by atoms with Gasteiger partial charge in [-0.2, -0.15) is 4.31 Å². The lowest BCUT2D eigenvalue weighted by atomic mass is 10.3. The summed E-state index contributed by atoms with van der Waals surface area (Å²) >= 11 is 3.33. The molecule has 9 heteroatoms. The van der Waals surface area contributed by atoms with Crippen LogP contribution in [-0.2, 0) is 19.6 Å². The molecule has 0 saturated carbocycles. The van der Waals surface area contributed by atoms with Gasteiger partial charge >= 0.3 is 0 Å². The minimum Gasteiger partial charge on any atom is -0.484 e. The second-order valence-corrected chi connectivity index (χ2v) is 8.69. The van der Waals surface area contributed by atoms with Gasteiger partial charge in [0.25, 0.3) is 5.91 Å². The summed E-state index contributed by atoms with van der Waals surface area (Å²) in [6.45, 7) is 1.21. The zero-order chi connectivity index (χ0) is 19.3. The molecule has 1 saturated heterocycles. The van der Waals surface area contributed by atoms with Crippen molar-refractivity contribution in [2.45, 2.75) is 4.90 Å². The summed E-state index contributed by atoms with van der Waals surface area (Å²) in [7, 11) is -3.61. The van der Waals surface area contributed by atoms with Gasteiger partial charge in [0.15, 0.2) is 6.61 Å². The van der Waals surface area contributed by atoms with Crippen molar-refractivity contribution in [3.05, 3.63) is 53.0 Å². The van der Waals surface area contributed by atoms with Crippen LogP contribution in [0.3, 0.4) is 0 Å². The van der Waals surface area contributed by atoms with Crippen molar-refractivity contribution in [2.24, 2.45) is 0 Å². The largest absolute Gasteiger partial charge is 0.484 e. The molecule has 1 amide bonds. The minimum absolute atomic E-state index is 0.134. The van der Waals surface area contributed by atoms with Crippen LogP contribution in [0.1, 0.15) is 0 Å². The van der Waals surface area contributed by atoms with E-state index in [4.69, 9.17) is 9.47 Å². The lowest BCUT2D eigenvalue weighted by molar-refractivity contribution is -0.118. The summed E-state index contributed by atoms with van der Waals surface area (Å²) in [6.07, 6.45) is 0. The van der Waals surface area contributed by atoms with Crippen LogP contribution in [0.5, 0.6) is 5.75 Å². The van der Waals surface area contributed by atoms with E-state index in [-0.39, 0.29) is 17.4 Å². The molecule has 2 aromatic rings. The second kappa shape index (κ2) is 8.83. The Morgan fingerprint density at radius 1 is 1.15 bits per heavy atom. The standard InChI is InChI=1S/C18H19BrN2O5S/c19-14-3-1-5-16(11-14)26-13-18(22)20-15-4-2-6-17(12-15)27(23,24)21-7-9-25-10-8-21/h1-6,11-12H,7-10,13H2,(H,20,22). The Morgan fingerprint density at radius 3 is 2.63 bits per heavy atom. The summed E-state index contributed by atoms with van der Waals surface area (Å²) in [5, 5.41) is 2.66. The maximum absolute atomic E-state index is 12.7. The molecular weight excluding hydrogens is 436 g/mol. The molecule has 0 spiro atoms. The summed E-state index contributed by atoms with van der Waals surface area (Å²) in [5.74, 6) is 0.180. The number of nitrogens with one attached hydrogen (secondary N) is 1. The number of nitrogens with zero attached hydrogens (tertiary/aromatic N) is 1. The molecule has 1 N–H and O–H groups in total. The van der Waals surface area contributed by atoms with Gasteiger partial charge in [0.2, 0.25) is 10.0 Å². The van der Waals surface area contributed by atoms with E-state index in [1.54, 1.807) is 30.3 Å². The molecule has 0 atom stereocenters. The number of carbonyl (C=O) groups excluding carboxylic acids is 1. The summed E-state index contributed by atoms with van der Waals surface area (Å²) in [5.41, 5.74) is 0.396. The number of rotatable bonds is 6. The topological polar surface area (TPSA) is 84.9 Å². The number of benzene rings is 2. The summed E-state index contributed by atoms with van der Waals surface area (Å²) in [6, 6.07) is 13.3. The van der Waals surface area contributed by atoms with E-state index in [9.17, 15) is 13.2 Å². The molecule has 3 rings (SSSR count). The highest BCUT2D eigenvalue weighted by Crippen LogP contribution is 2.21. The van der Waals surface area contributed by atoms with Crippen molar-refractivity contribution in [3.8, 4) is 5.75 Å². The van der Waals surface area contributed by atoms with Crippen LogP contribution < -0.4 is 10.1 Å². The number of halogens is 1. The lowest BCUT2D eigenvalue weighted by Crippen LogP contribution is -2.40. The number of carbonyl (C=O) groups is 1. The molecule has 0 bridgehead atoms. The van der Waals surface area contributed by atoms with Gasteiger partial charge < -0.3 is 14.8 Å². The van der Waals surface area contributed by atoms with Crippen LogP contribution in [-0.4, -0.2) is 51.5 Å². The average Bonchev–Trinajstić information content (AvgIpc) is 2.67. The number of hydrogen-bond acceptors (Lipinski definition) is 5. The van der Waals surface area contributed by atoms with E-state index in [0.717, 1.165) is 4.47 Å². The van der Waals surface area contributed by atoms with Crippen molar-refractivity contribution in [1.82, 2.24) is 4.31 Å². The first-order chi connectivity index (χ1) is 12.9. The Bertz CT molecular complexity index is 913. The lowest BCUT2D eigenvalue weighted by Gasteiger charge is -2.26. The Balaban J connectivity index is 1.64. The Kier molecular flexibility index (Phi) is 6.48. The SMILES string of the molecule is O=C(COc1cccc(Br)c1)Nc1cccc(S(=O)(=O)N2CCOCC2)c1. The predicted molar refractivity (Wildman–Crippen MR) is 104 cm³/mol. The third-order valence-electron chi connectivity index (χ3n) is 3.89. The number of ether oxygens (including phenoxy) is 2. The molecule has 27 heavy (non-hydrogen) atoms. The fraction of sp³-hybridized carbons (Fsp3) is 0.278. The molecule has 144 valence electrons. The first kappa shape index (κ1) is 19.8. The van der Waals surface area contributed by atoms with Gasteiger partial charge in [-0.3, -0.25) is 4.79 Å². The van der Waals surface area contributed by atoms with E-state index in [2.05, 4.69) is 21.2 Å². The van der Waals surface area contributed by atoms with Gasteiger partial charge in [0, 0.05) is 23.2 Å². The van der Waals surface area contributed by atoms with Crippen molar-refractivity contribution >= 4 is 37.5 Å². The zero-order valence-electron chi connectivity index (χ0n) is 14.4. The van der Waals surface area contributed by atoms with Crippen LogP contribution >= 0.6 is 15.9 Å². The highest BCUT2D eigenvalue weighted by atomic mass is 79.9. The molecule has 1 fully saturated rings. The number of sulfonamides is 1. The highest BCUT2D eigenvalue weighted by Gasteiger charge is 2.26. The van der Waals surface area contributed by atoms with Crippen molar-refractivity contribution < 1.29 is 22.7 Å². The van der Waals surface area contributed by atoms with Crippen LogP contribution in [0.25, 0.3) is 0 Å². The van der Waals surface area contributed by atoms with Crippen molar-refractivity contribution in [3.63, 3.8) is 0 Å².